The SMILES string of the molecule is C/C=C/CC/C=C/CC/C=C/C(O)C(COC1OC(CO)C(O)C(O)C1O)NC(=O)CCCCCCCCCCCCCCCCOC(=O)CCCCCCCCCCCCCC. The van der Waals surface area contributed by atoms with E-state index in [1.807, 2.05) is 19.1 Å². The number of carbonyl (C=O) groups is 2. The van der Waals surface area contributed by atoms with Crippen molar-refractivity contribution in [3.05, 3.63) is 36.5 Å². The molecule has 0 aromatic carbocycles. The fourth-order valence-electron chi connectivity index (χ4n) is 7.94. The lowest BCUT2D eigenvalue weighted by Crippen LogP contribution is -2.60. The predicted molar refractivity (Wildman–Crippen MR) is 255 cm³/mol. The summed E-state index contributed by atoms with van der Waals surface area (Å²) in [5.41, 5.74) is 0. The zero-order chi connectivity index (χ0) is 46.0. The minimum absolute atomic E-state index is 0.0247. The van der Waals surface area contributed by atoms with Gasteiger partial charge >= 0.3 is 5.97 Å². The minimum atomic E-state index is -1.58. The van der Waals surface area contributed by atoms with Crippen LogP contribution in [-0.2, 0) is 23.8 Å². The van der Waals surface area contributed by atoms with Crippen LogP contribution in [0.5, 0.6) is 0 Å². The van der Waals surface area contributed by atoms with Crippen LogP contribution < -0.4 is 5.32 Å². The molecule has 1 aliphatic rings. The topological polar surface area (TPSA) is 175 Å². The van der Waals surface area contributed by atoms with Gasteiger partial charge in [-0.05, 0) is 51.9 Å². The molecule has 11 heteroatoms. The lowest BCUT2D eigenvalue weighted by atomic mass is 9.99. The average Bonchev–Trinajstić information content (AvgIpc) is 3.28. The second-order valence-corrected chi connectivity index (χ2v) is 17.9. The summed E-state index contributed by atoms with van der Waals surface area (Å²) in [7, 11) is 0. The number of hydrogen-bond acceptors (Lipinski definition) is 10. The number of allylic oxidation sites excluding steroid dienone is 5. The first kappa shape index (κ1) is 58.9. The largest absolute Gasteiger partial charge is 0.466 e. The van der Waals surface area contributed by atoms with Gasteiger partial charge in [0.2, 0.25) is 5.91 Å². The molecule has 7 unspecified atom stereocenters. The molecule has 0 aromatic rings. The third-order valence-electron chi connectivity index (χ3n) is 12.1. The van der Waals surface area contributed by atoms with Gasteiger partial charge in [0.25, 0.3) is 0 Å². The number of aliphatic hydroxyl groups excluding tert-OH is 5. The van der Waals surface area contributed by atoms with E-state index in [2.05, 4.69) is 30.5 Å². The first-order chi connectivity index (χ1) is 30.7. The van der Waals surface area contributed by atoms with Crippen molar-refractivity contribution in [2.24, 2.45) is 0 Å². The van der Waals surface area contributed by atoms with Crippen LogP contribution in [0.4, 0.5) is 0 Å². The minimum Gasteiger partial charge on any atom is -0.466 e. The van der Waals surface area contributed by atoms with E-state index in [1.54, 1.807) is 6.08 Å². The highest BCUT2D eigenvalue weighted by atomic mass is 16.7. The fraction of sp³-hybridized carbons (Fsp3) is 0.846. The Kier molecular flexibility index (Phi) is 39.7. The highest BCUT2D eigenvalue weighted by Crippen LogP contribution is 2.23. The molecule has 7 atom stereocenters. The van der Waals surface area contributed by atoms with Gasteiger partial charge in [-0.3, -0.25) is 9.59 Å². The van der Waals surface area contributed by atoms with Crippen molar-refractivity contribution in [3.63, 3.8) is 0 Å². The number of carbonyl (C=O) groups excluding carboxylic acids is 2. The zero-order valence-corrected chi connectivity index (χ0v) is 40.0. The van der Waals surface area contributed by atoms with Crippen LogP contribution >= 0.6 is 0 Å². The summed E-state index contributed by atoms with van der Waals surface area (Å²) in [4.78, 5) is 25.0. The molecule has 1 amide bonds. The van der Waals surface area contributed by atoms with Crippen LogP contribution in [-0.4, -0.2) is 100 Å². The standard InChI is InChI=1S/C52H95NO10/c1-3-5-7-9-11-13-14-20-24-28-32-36-40-48(57)61-41-37-33-29-25-21-18-16-15-17-19-23-27-31-35-39-47(56)53-44(45(55)38-34-30-26-22-12-10-8-6-4-2)43-62-52-51(60)50(59)49(58)46(42-54)63-52/h4,6,12,22,34,38,44-46,49-52,54-55,58-60H,3,5,7-11,13-21,23-33,35-37,39-43H2,1-2H3,(H,53,56)/b6-4+,22-12+,38-34+. The van der Waals surface area contributed by atoms with Crippen molar-refractivity contribution >= 4 is 11.9 Å². The Labute approximate surface area is 383 Å². The monoisotopic (exact) mass is 894 g/mol. The fourth-order valence-corrected chi connectivity index (χ4v) is 7.94. The van der Waals surface area contributed by atoms with Gasteiger partial charge in [0, 0.05) is 12.8 Å². The second-order valence-electron chi connectivity index (χ2n) is 17.9. The van der Waals surface area contributed by atoms with Crippen LogP contribution in [0.3, 0.4) is 0 Å². The van der Waals surface area contributed by atoms with Crippen molar-refractivity contribution in [2.75, 3.05) is 19.8 Å². The van der Waals surface area contributed by atoms with Gasteiger partial charge in [-0.25, -0.2) is 0 Å². The van der Waals surface area contributed by atoms with E-state index < -0.39 is 49.5 Å². The molecule has 0 saturated carbocycles. The summed E-state index contributed by atoms with van der Waals surface area (Å²) in [5.74, 6) is -0.235. The first-order valence-electron chi connectivity index (χ1n) is 25.7. The van der Waals surface area contributed by atoms with Crippen LogP contribution in [0.1, 0.15) is 219 Å². The summed E-state index contributed by atoms with van der Waals surface area (Å²) < 4.78 is 16.6. The number of esters is 1. The Bertz CT molecular complexity index is 1150. The molecule has 1 aliphatic heterocycles. The molecule has 63 heavy (non-hydrogen) atoms. The Balaban J connectivity index is 2.12. The normalized spacial score (nSPS) is 20.3. The van der Waals surface area contributed by atoms with Gasteiger partial charge in [0.05, 0.1) is 32.0 Å². The van der Waals surface area contributed by atoms with Crippen molar-refractivity contribution in [1.82, 2.24) is 5.32 Å². The van der Waals surface area contributed by atoms with Gasteiger partial charge < -0.3 is 45.1 Å². The van der Waals surface area contributed by atoms with E-state index >= 15 is 0 Å². The van der Waals surface area contributed by atoms with Crippen LogP contribution in [0, 0.1) is 0 Å². The number of hydrogen-bond donors (Lipinski definition) is 6. The molecule has 1 heterocycles. The maximum atomic E-state index is 12.9. The van der Waals surface area contributed by atoms with E-state index in [1.165, 1.54) is 116 Å². The Morgan fingerprint density at radius 2 is 1.06 bits per heavy atom. The number of nitrogens with one attached hydrogen (secondary N) is 1. The zero-order valence-electron chi connectivity index (χ0n) is 40.0. The van der Waals surface area contributed by atoms with E-state index in [9.17, 15) is 35.1 Å². The van der Waals surface area contributed by atoms with Gasteiger partial charge in [-0.15, -0.1) is 0 Å². The molecule has 1 saturated heterocycles. The maximum absolute atomic E-state index is 12.9. The smallest absolute Gasteiger partial charge is 0.305 e. The van der Waals surface area contributed by atoms with Crippen molar-refractivity contribution in [1.29, 1.82) is 0 Å². The highest BCUT2D eigenvalue weighted by Gasteiger charge is 2.44. The summed E-state index contributed by atoms with van der Waals surface area (Å²) in [5, 5.41) is 54.0. The quantitative estimate of drug-likeness (QED) is 0.0196. The summed E-state index contributed by atoms with van der Waals surface area (Å²) >= 11 is 0. The van der Waals surface area contributed by atoms with E-state index in [0.717, 1.165) is 70.6 Å². The number of aliphatic hydroxyl groups is 5. The van der Waals surface area contributed by atoms with Crippen LogP contribution in [0.15, 0.2) is 36.5 Å². The molecule has 1 rings (SSSR count). The van der Waals surface area contributed by atoms with E-state index in [4.69, 9.17) is 14.2 Å². The second kappa shape index (κ2) is 42.5. The van der Waals surface area contributed by atoms with Crippen molar-refractivity contribution in [3.8, 4) is 0 Å². The molecule has 0 radical (unpaired) electrons. The molecular formula is C52H95NO10. The van der Waals surface area contributed by atoms with Gasteiger partial charge in [-0.2, -0.15) is 0 Å². The first-order valence-corrected chi connectivity index (χ1v) is 25.7. The molecule has 0 aromatic heterocycles. The third-order valence-corrected chi connectivity index (χ3v) is 12.1. The number of unbranched alkanes of at least 4 members (excludes halogenated alkanes) is 26. The average molecular weight is 894 g/mol. The molecule has 0 aliphatic carbocycles. The van der Waals surface area contributed by atoms with Crippen LogP contribution in [0.2, 0.25) is 0 Å². The molecule has 0 bridgehead atoms. The molecule has 6 N–H and O–H groups in total. The Morgan fingerprint density at radius 1 is 0.603 bits per heavy atom. The summed E-state index contributed by atoms with van der Waals surface area (Å²) in [6.45, 7) is 4.04. The van der Waals surface area contributed by atoms with Crippen molar-refractivity contribution in [2.45, 2.75) is 262 Å². The lowest BCUT2D eigenvalue weighted by molar-refractivity contribution is -0.302. The maximum Gasteiger partial charge on any atom is 0.305 e. The molecule has 0 spiro atoms. The number of rotatable bonds is 43. The predicted octanol–water partition coefficient (Wildman–Crippen LogP) is 10.4. The number of ether oxygens (including phenoxy) is 3. The summed E-state index contributed by atoms with van der Waals surface area (Å²) in [6.07, 6.45) is 39.6. The van der Waals surface area contributed by atoms with Gasteiger partial charge in [0.1, 0.15) is 24.4 Å². The lowest BCUT2D eigenvalue weighted by Gasteiger charge is -2.40. The van der Waals surface area contributed by atoms with E-state index in [-0.39, 0.29) is 18.5 Å². The van der Waals surface area contributed by atoms with Crippen LogP contribution in [0.25, 0.3) is 0 Å². The van der Waals surface area contributed by atoms with Gasteiger partial charge in [0.15, 0.2) is 6.29 Å². The Hall–Kier alpha value is -2.12. The Morgan fingerprint density at radius 3 is 1.57 bits per heavy atom. The highest BCUT2D eigenvalue weighted by molar-refractivity contribution is 5.76. The molecule has 1 fully saturated rings. The number of amides is 1. The van der Waals surface area contributed by atoms with Gasteiger partial charge in [-0.1, -0.05) is 191 Å². The summed E-state index contributed by atoms with van der Waals surface area (Å²) in [6, 6.07) is -0.840. The van der Waals surface area contributed by atoms with E-state index in [0.29, 0.717) is 25.9 Å². The molecule has 368 valence electrons. The molecular weight excluding hydrogens is 799 g/mol. The molecule has 11 nitrogen and oxygen atoms in total. The third kappa shape index (κ3) is 33.1. The van der Waals surface area contributed by atoms with Crippen molar-refractivity contribution < 1.29 is 49.3 Å².